The summed E-state index contributed by atoms with van der Waals surface area (Å²) in [5, 5.41) is 2.86. The summed E-state index contributed by atoms with van der Waals surface area (Å²) in [7, 11) is 1.32. The van der Waals surface area contributed by atoms with Crippen molar-refractivity contribution in [1.29, 1.82) is 0 Å². The molecule has 1 N–H and O–H groups in total. The number of carbonyl (C=O) groups excluding carboxylic acids is 2. The molecule has 6 nitrogen and oxygen atoms in total. The molecule has 0 aliphatic heterocycles. The Kier molecular flexibility index (Phi) is 9.86. The maximum absolute atomic E-state index is 12.8. The minimum Gasteiger partial charge on any atom is -0.493 e. The molecule has 6 heteroatoms. The summed E-state index contributed by atoms with van der Waals surface area (Å²) in [6.45, 7) is 8.91. The Bertz CT molecular complexity index is 617. The fourth-order valence-corrected chi connectivity index (χ4v) is 2.65. The minimum atomic E-state index is -0.910. The number of carbonyl (C=O) groups is 2. The predicted octanol–water partition coefficient (Wildman–Crippen LogP) is 4.58. The van der Waals surface area contributed by atoms with Crippen LogP contribution in [-0.2, 0) is 14.3 Å². The van der Waals surface area contributed by atoms with Gasteiger partial charge in [-0.3, -0.25) is 4.79 Å². The van der Waals surface area contributed by atoms with E-state index in [0.29, 0.717) is 31.1 Å². The Balaban J connectivity index is 3.01. The zero-order valence-corrected chi connectivity index (χ0v) is 17.2. The summed E-state index contributed by atoms with van der Waals surface area (Å²) in [6, 6.07) is 4.98. The van der Waals surface area contributed by atoms with E-state index in [1.54, 1.807) is 25.1 Å². The summed E-state index contributed by atoms with van der Waals surface area (Å²) in [4.78, 5) is 24.9. The number of rotatable bonds is 12. The number of hydrogen-bond acceptors (Lipinski definition) is 5. The number of unbranched alkanes of at least 4 members (excludes halogenated alkanes) is 1. The van der Waals surface area contributed by atoms with E-state index in [9.17, 15) is 9.59 Å². The van der Waals surface area contributed by atoms with Gasteiger partial charge in [-0.25, -0.2) is 4.79 Å². The highest BCUT2D eigenvalue weighted by Gasteiger charge is 2.33. The minimum absolute atomic E-state index is 0.228. The van der Waals surface area contributed by atoms with Crippen molar-refractivity contribution in [1.82, 2.24) is 0 Å². The van der Waals surface area contributed by atoms with Gasteiger partial charge in [-0.1, -0.05) is 33.6 Å². The molecular weight excluding hydrogens is 346 g/mol. The molecule has 1 aromatic carbocycles. The number of anilines is 1. The van der Waals surface area contributed by atoms with Crippen molar-refractivity contribution < 1.29 is 23.8 Å². The maximum atomic E-state index is 12.8. The third-order valence-electron chi connectivity index (χ3n) is 4.23. The summed E-state index contributed by atoms with van der Waals surface area (Å²) in [5.41, 5.74) is -0.115. The normalized spacial score (nSPS) is 12.9. The molecule has 0 saturated carbocycles. The van der Waals surface area contributed by atoms with Crippen LogP contribution in [0.2, 0.25) is 0 Å². The summed E-state index contributed by atoms with van der Waals surface area (Å²) < 4.78 is 16.3. The lowest BCUT2D eigenvalue weighted by Crippen LogP contribution is -2.43. The summed E-state index contributed by atoms with van der Waals surface area (Å²) >= 11 is 0. The zero-order valence-electron chi connectivity index (χ0n) is 17.2. The third-order valence-corrected chi connectivity index (χ3v) is 4.23. The second-order valence-corrected chi connectivity index (χ2v) is 6.69. The standard InChI is InChI=1S/C21H33NO5/c1-6-9-14-26-18-11-10-16(15-17(18)19(23)25-5)22-20(24)21(4,12-7-2)27-13-8-3/h10-11,15H,6-9,12-14H2,1-5H3,(H,22,24)/t21-/m1/s1. The molecule has 0 bridgehead atoms. The molecule has 0 radical (unpaired) electrons. The second kappa shape index (κ2) is 11.6. The highest BCUT2D eigenvalue weighted by Crippen LogP contribution is 2.26. The quantitative estimate of drug-likeness (QED) is 0.425. The molecule has 1 aromatic rings. The number of methoxy groups -OCH3 is 1. The van der Waals surface area contributed by atoms with Crippen LogP contribution in [-0.4, -0.2) is 37.8 Å². The van der Waals surface area contributed by atoms with Crippen molar-refractivity contribution in [2.45, 2.75) is 65.4 Å². The van der Waals surface area contributed by atoms with Crippen LogP contribution in [0.15, 0.2) is 18.2 Å². The first-order valence-electron chi connectivity index (χ1n) is 9.72. The van der Waals surface area contributed by atoms with Gasteiger partial charge in [0.2, 0.25) is 0 Å². The average Bonchev–Trinajstić information content (AvgIpc) is 2.67. The highest BCUT2D eigenvalue weighted by atomic mass is 16.5. The van der Waals surface area contributed by atoms with Gasteiger partial charge in [-0.2, -0.15) is 0 Å². The first kappa shape index (κ1) is 23.0. The van der Waals surface area contributed by atoms with Crippen LogP contribution >= 0.6 is 0 Å². The van der Waals surface area contributed by atoms with E-state index >= 15 is 0 Å². The molecule has 0 spiro atoms. The van der Waals surface area contributed by atoms with Crippen molar-refractivity contribution in [3.05, 3.63) is 23.8 Å². The topological polar surface area (TPSA) is 73.9 Å². The van der Waals surface area contributed by atoms with Crippen LogP contribution in [0.1, 0.15) is 70.2 Å². The number of amides is 1. The number of benzene rings is 1. The monoisotopic (exact) mass is 379 g/mol. The zero-order chi connectivity index (χ0) is 20.3. The lowest BCUT2D eigenvalue weighted by molar-refractivity contribution is -0.140. The number of nitrogens with one attached hydrogen (secondary N) is 1. The predicted molar refractivity (Wildman–Crippen MR) is 106 cm³/mol. The van der Waals surface area contributed by atoms with Crippen molar-refractivity contribution in [3.8, 4) is 5.75 Å². The molecule has 0 saturated heterocycles. The molecule has 1 rings (SSSR count). The van der Waals surface area contributed by atoms with E-state index in [-0.39, 0.29) is 11.5 Å². The number of ether oxygens (including phenoxy) is 3. The van der Waals surface area contributed by atoms with Gasteiger partial charge in [0.15, 0.2) is 0 Å². The van der Waals surface area contributed by atoms with Crippen molar-refractivity contribution in [2.75, 3.05) is 25.6 Å². The van der Waals surface area contributed by atoms with E-state index in [4.69, 9.17) is 14.2 Å². The van der Waals surface area contributed by atoms with Crippen molar-refractivity contribution >= 4 is 17.6 Å². The Morgan fingerprint density at radius 3 is 2.41 bits per heavy atom. The summed E-state index contributed by atoms with van der Waals surface area (Å²) in [5.74, 6) is -0.281. The third kappa shape index (κ3) is 6.86. The smallest absolute Gasteiger partial charge is 0.341 e. The lowest BCUT2D eigenvalue weighted by Gasteiger charge is -2.28. The van der Waals surface area contributed by atoms with Gasteiger partial charge in [0, 0.05) is 12.3 Å². The van der Waals surface area contributed by atoms with Crippen LogP contribution in [0.25, 0.3) is 0 Å². The van der Waals surface area contributed by atoms with Crippen LogP contribution in [0.5, 0.6) is 5.75 Å². The highest BCUT2D eigenvalue weighted by molar-refractivity contribution is 5.99. The largest absolute Gasteiger partial charge is 0.493 e. The van der Waals surface area contributed by atoms with Crippen molar-refractivity contribution in [2.24, 2.45) is 0 Å². The van der Waals surface area contributed by atoms with Crippen LogP contribution < -0.4 is 10.1 Å². The molecule has 0 heterocycles. The molecule has 0 aliphatic carbocycles. The van der Waals surface area contributed by atoms with Crippen LogP contribution in [0, 0.1) is 0 Å². The molecule has 0 fully saturated rings. The van der Waals surface area contributed by atoms with Gasteiger partial charge >= 0.3 is 5.97 Å². The lowest BCUT2D eigenvalue weighted by atomic mass is 9.98. The van der Waals surface area contributed by atoms with Gasteiger partial charge < -0.3 is 19.5 Å². The van der Waals surface area contributed by atoms with E-state index < -0.39 is 11.6 Å². The average molecular weight is 379 g/mol. The molecule has 152 valence electrons. The molecular formula is C21H33NO5. The van der Waals surface area contributed by atoms with E-state index in [0.717, 1.165) is 25.7 Å². The molecule has 1 atom stereocenters. The first-order valence-corrected chi connectivity index (χ1v) is 9.72. The molecule has 0 aliphatic rings. The van der Waals surface area contributed by atoms with Crippen LogP contribution in [0.3, 0.4) is 0 Å². The van der Waals surface area contributed by atoms with Crippen LogP contribution in [0.4, 0.5) is 5.69 Å². The Hall–Kier alpha value is -2.08. The number of hydrogen-bond donors (Lipinski definition) is 1. The van der Waals surface area contributed by atoms with Gasteiger partial charge in [0.05, 0.1) is 13.7 Å². The van der Waals surface area contributed by atoms with Gasteiger partial charge in [0.1, 0.15) is 16.9 Å². The van der Waals surface area contributed by atoms with E-state index in [2.05, 4.69) is 12.2 Å². The van der Waals surface area contributed by atoms with E-state index in [1.807, 2.05) is 13.8 Å². The number of esters is 1. The fraction of sp³-hybridized carbons (Fsp3) is 0.619. The molecule has 0 aromatic heterocycles. The Morgan fingerprint density at radius 2 is 1.81 bits per heavy atom. The maximum Gasteiger partial charge on any atom is 0.341 e. The molecule has 0 unspecified atom stereocenters. The molecule has 27 heavy (non-hydrogen) atoms. The van der Waals surface area contributed by atoms with Gasteiger partial charge in [0.25, 0.3) is 5.91 Å². The fourth-order valence-electron chi connectivity index (χ4n) is 2.65. The van der Waals surface area contributed by atoms with Gasteiger partial charge in [-0.15, -0.1) is 0 Å². The first-order chi connectivity index (χ1) is 12.9. The van der Waals surface area contributed by atoms with E-state index in [1.165, 1.54) is 7.11 Å². The van der Waals surface area contributed by atoms with Crippen molar-refractivity contribution in [3.63, 3.8) is 0 Å². The Labute approximate surface area is 162 Å². The Morgan fingerprint density at radius 1 is 1.07 bits per heavy atom. The SMILES string of the molecule is CCCCOc1ccc(NC(=O)[C@@](C)(CCC)OCCC)cc1C(=O)OC. The second-order valence-electron chi connectivity index (χ2n) is 6.69. The summed E-state index contributed by atoms with van der Waals surface area (Å²) in [6.07, 6.45) is 4.16. The molecule has 1 amide bonds. The van der Waals surface area contributed by atoms with Gasteiger partial charge in [-0.05, 0) is 44.4 Å².